The normalized spacial score (nSPS) is 13.7. The van der Waals surface area contributed by atoms with Gasteiger partial charge in [-0.05, 0) is 86.8 Å². The number of aromatic hydroxyl groups is 5. The number of benzene rings is 7. The maximum atomic E-state index is 12.1. The zero-order valence-electron chi connectivity index (χ0n) is 28.4. The van der Waals surface area contributed by atoms with Crippen molar-refractivity contribution < 1.29 is 43.8 Å². The fourth-order valence-electron chi connectivity index (χ4n) is 8.41. The molecule has 10 rings (SSSR count). The Kier molecular flexibility index (Phi) is 6.39. The van der Waals surface area contributed by atoms with Gasteiger partial charge in [-0.3, -0.25) is 18.3 Å². The SMILES string of the molecule is CC1=C(c2ccc3ccccc3c2C)C(c2c3ccccc3c(-c3c(O)c4ooc5c(O)c(O)c(O)c6ooc(c3O)c4-c56)c3ccccc23)=CCC1. The van der Waals surface area contributed by atoms with E-state index in [2.05, 4.69) is 56.3 Å². The lowest BCUT2D eigenvalue weighted by Crippen LogP contribution is -2.03. The monoisotopic (exact) mass is 702 g/mol. The highest BCUT2D eigenvalue weighted by atomic mass is 17.0. The number of hydrogen-bond donors (Lipinski definition) is 5. The number of allylic oxidation sites excluding steroid dienone is 4. The predicted octanol–water partition coefficient (Wildman–Crippen LogP) is 11.6. The molecule has 0 aromatic heterocycles. The minimum Gasteiger partial charge on any atom is -0.504 e. The highest BCUT2D eigenvalue weighted by molar-refractivity contribution is 6.26. The molecule has 0 fully saturated rings. The first-order valence-electron chi connectivity index (χ1n) is 17.2. The molecule has 0 radical (unpaired) electrons. The standard InChI is InChI=1S/C44H30O9/c1-20-10-9-17-29(30(20)24-19-18-22-11-3-4-12-23(22)21(24)2)31-25-13-5-7-15-27(25)32(28-16-8-6-14-26(28)31)33-36(45)41-34-35-43(52-50-41)39(48)38(47)40(49)44(35)53-51-42(34)37(33)46/h3-8,11-19,45-49H,9-10H2,1-2H3. The molecule has 9 heteroatoms. The molecule has 2 aliphatic heterocycles. The molecule has 0 spiro atoms. The Labute approximate surface area is 300 Å². The molecule has 53 heavy (non-hydrogen) atoms. The highest BCUT2D eigenvalue weighted by Crippen LogP contribution is 2.59. The summed E-state index contributed by atoms with van der Waals surface area (Å²) in [7, 11) is 0. The number of fused-ring (bicyclic) bond motifs is 3. The minimum absolute atomic E-state index is 0.000958. The van der Waals surface area contributed by atoms with Gasteiger partial charge in [0.05, 0.1) is 16.7 Å². The molecule has 0 bridgehead atoms. The van der Waals surface area contributed by atoms with Crippen molar-refractivity contribution in [1.82, 2.24) is 0 Å². The van der Waals surface area contributed by atoms with E-state index in [1.165, 1.54) is 33.0 Å². The van der Waals surface area contributed by atoms with E-state index in [0.29, 0.717) is 5.56 Å². The number of rotatable bonds is 3. The van der Waals surface area contributed by atoms with E-state index in [4.69, 9.17) is 18.3 Å². The summed E-state index contributed by atoms with van der Waals surface area (Å²) in [6.45, 7) is 4.39. The maximum Gasteiger partial charge on any atom is 0.236 e. The number of phenolic OH excluding ortho intramolecular Hbond substituents is 5. The first-order valence-corrected chi connectivity index (χ1v) is 17.2. The van der Waals surface area contributed by atoms with Crippen molar-refractivity contribution in [2.75, 3.05) is 0 Å². The average Bonchev–Trinajstić information content (AvgIpc) is 3.18. The molecule has 7 aromatic rings. The summed E-state index contributed by atoms with van der Waals surface area (Å²) < 4.78 is 21.8. The highest BCUT2D eigenvalue weighted by Gasteiger charge is 2.37. The van der Waals surface area contributed by atoms with Crippen molar-refractivity contribution in [3.63, 3.8) is 0 Å². The van der Waals surface area contributed by atoms with Crippen molar-refractivity contribution in [2.45, 2.75) is 26.7 Å². The lowest BCUT2D eigenvalue weighted by atomic mass is 9.77. The molecule has 7 aromatic carbocycles. The molecule has 3 aliphatic rings. The molecule has 0 amide bonds. The van der Waals surface area contributed by atoms with Gasteiger partial charge in [-0.2, -0.15) is 0 Å². The number of hydrogen-bond acceptors (Lipinski definition) is 9. The van der Waals surface area contributed by atoms with Crippen LogP contribution < -0.4 is 0 Å². The molecule has 2 heterocycles. The molecule has 0 unspecified atom stereocenters. The molecule has 0 saturated carbocycles. The van der Waals surface area contributed by atoms with E-state index in [-0.39, 0.29) is 39.0 Å². The van der Waals surface area contributed by atoms with Gasteiger partial charge in [-0.1, -0.05) is 96.6 Å². The Bertz CT molecular complexity index is 2950. The molecule has 1 aliphatic carbocycles. The summed E-state index contributed by atoms with van der Waals surface area (Å²) in [5, 5.41) is 61.1. The maximum absolute atomic E-state index is 12.1. The Morgan fingerprint density at radius 3 is 1.47 bits per heavy atom. The van der Waals surface area contributed by atoms with E-state index < -0.39 is 28.7 Å². The molecule has 260 valence electrons. The van der Waals surface area contributed by atoms with Crippen molar-refractivity contribution in [1.29, 1.82) is 0 Å². The van der Waals surface area contributed by atoms with E-state index in [9.17, 15) is 25.5 Å². The molecular weight excluding hydrogens is 672 g/mol. The first-order chi connectivity index (χ1) is 25.8. The van der Waals surface area contributed by atoms with Crippen molar-refractivity contribution in [3.8, 4) is 51.0 Å². The van der Waals surface area contributed by atoms with Crippen LogP contribution in [0.1, 0.15) is 36.5 Å². The van der Waals surface area contributed by atoms with Gasteiger partial charge in [-0.25, -0.2) is 0 Å². The zero-order valence-corrected chi connectivity index (χ0v) is 28.4. The van der Waals surface area contributed by atoms with Gasteiger partial charge in [0.2, 0.25) is 39.6 Å². The third kappa shape index (κ3) is 4.07. The van der Waals surface area contributed by atoms with Gasteiger partial charge in [0.15, 0.2) is 11.5 Å². The summed E-state index contributed by atoms with van der Waals surface area (Å²) in [4.78, 5) is 0. The van der Waals surface area contributed by atoms with Crippen LogP contribution in [0.15, 0.2) is 115 Å². The smallest absolute Gasteiger partial charge is 0.236 e. The number of aryl methyl sites for hydroxylation is 1. The largest absolute Gasteiger partial charge is 0.504 e. The summed E-state index contributed by atoms with van der Waals surface area (Å²) in [5.41, 5.74) is 6.14. The fourth-order valence-corrected chi connectivity index (χ4v) is 8.41. The molecular formula is C44H30O9. The Hall–Kier alpha value is -7.00. The van der Waals surface area contributed by atoms with Crippen LogP contribution >= 0.6 is 0 Å². The zero-order chi connectivity index (χ0) is 36.3. The van der Waals surface area contributed by atoms with E-state index in [0.717, 1.165) is 45.5 Å². The van der Waals surface area contributed by atoms with E-state index >= 15 is 0 Å². The van der Waals surface area contributed by atoms with Crippen LogP contribution in [0.4, 0.5) is 0 Å². The van der Waals surface area contributed by atoms with E-state index in [1.54, 1.807) is 0 Å². The summed E-state index contributed by atoms with van der Waals surface area (Å²) in [6, 6.07) is 28.6. The molecule has 0 saturated heterocycles. The van der Waals surface area contributed by atoms with Gasteiger partial charge in [0.25, 0.3) is 0 Å². The Morgan fingerprint density at radius 1 is 0.453 bits per heavy atom. The van der Waals surface area contributed by atoms with Crippen molar-refractivity contribution in [2.24, 2.45) is 0 Å². The van der Waals surface area contributed by atoms with Gasteiger partial charge >= 0.3 is 0 Å². The van der Waals surface area contributed by atoms with Gasteiger partial charge < -0.3 is 25.5 Å². The van der Waals surface area contributed by atoms with Crippen LogP contribution in [0.2, 0.25) is 0 Å². The average molecular weight is 703 g/mol. The Balaban J connectivity index is 1.29. The van der Waals surface area contributed by atoms with Crippen LogP contribution in [0, 0.1) is 6.92 Å². The summed E-state index contributed by atoms with van der Waals surface area (Å²) in [6.07, 6.45) is 4.12. The molecule has 0 atom stereocenters. The minimum atomic E-state index is -0.919. The Morgan fingerprint density at radius 2 is 0.925 bits per heavy atom. The summed E-state index contributed by atoms with van der Waals surface area (Å²) >= 11 is 0. The van der Waals surface area contributed by atoms with Crippen LogP contribution in [-0.4, -0.2) is 25.5 Å². The van der Waals surface area contributed by atoms with Crippen LogP contribution in [0.5, 0.6) is 28.7 Å². The molecule has 5 N–H and O–H groups in total. The third-order valence-electron chi connectivity index (χ3n) is 10.8. The van der Waals surface area contributed by atoms with Crippen molar-refractivity contribution >= 4 is 65.8 Å². The quantitative estimate of drug-likeness (QED) is 0.0523. The van der Waals surface area contributed by atoms with Gasteiger partial charge in [-0.15, -0.1) is 0 Å². The summed E-state index contributed by atoms with van der Waals surface area (Å²) in [5.74, 6) is -3.51. The van der Waals surface area contributed by atoms with Crippen LogP contribution in [0.3, 0.4) is 0 Å². The second-order valence-corrected chi connectivity index (χ2v) is 13.6. The molecule has 9 nitrogen and oxygen atoms in total. The third-order valence-corrected chi connectivity index (χ3v) is 10.8. The second kappa shape index (κ2) is 11.0. The van der Waals surface area contributed by atoms with Gasteiger partial charge in [0, 0.05) is 5.56 Å². The topological polar surface area (TPSA) is 154 Å². The van der Waals surface area contributed by atoms with Crippen LogP contribution in [0.25, 0.3) is 88.0 Å². The van der Waals surface area contributed by atoms with Crippen LogP contribution in [-0.2, 0) is 0 Å². The van der Waals surface area contributed by atoms with Gasteiger partial charge in [0.1, 0.15) is 0 Å². The lowest BCUT2D eigenvalue weighted by molar-refractivity contribution is 0.0718. The first kappa shape index (κ1) is 30.8. The predicted molar refractivity (Wildman–Crippen MR) is 203 cm³/mol. The lowest BCUT2D eigenvalue weighted by Gasteiger charge is -2.26. The fraction of sp³-hybridized carbons (Fsp3) is 0.0909. The van der Waals surface area contributed by atoms with Crippen molar-refractivity contribution in [3.05, 3.63) is 113 Å². The van der Waals surface area contributed by atoms with E-state index in [1.807, 2.05) is 48.5 Å². The number of phenols is 5. The second-order valence-electron chi connectivity index (χ2n) is 13.6.